The van der Waals surface area contributed by atoms with E-state index in [4.69, 9.17) is 4.98 Å². The molecule has 0 spiro atoms. The molecule has 0 aliphatic heterocycles. The Kier molecular flexibility index (Phi) is 4.11. The van der Waals surface area contributed by atoms with Gasteiger partial charge in [0.2, 0.25) is 0 Å². The van der Waals surface area contributed by atoms with Crippen LogP contribution in [0.2, 0.25) is 0 Å². The van der Waals surface area contributed by atoms with Gasteiger partial charge >= 0.3 is 0 Å². The molecule has 0 fully saturated rings. The van der Waals surface area contributed by atoms with E-state index in [1.54, 1.807) is 0 Å². The first-order valence-electron chi connectivity index (χ1n) is 7.48. The fourth-order valence-corrected chi connectivity index (χ4v) is 2.53. The van der Waals surface area contributed by atoms with Gasteiger partial charge in [-0.3, -0.25) is 0 Å². The molecule has 0 aliphatic carbocycles. The summed E-state index contributed by atoms with van der Waals surface area (Å²) in [7, 11) is 0. The molecule has 21 heavy (non-hydrogen) atoms. The van der Waals surface area contributed by atoms with E-state index in [2.05, 4.69) is 67.6 Å². The Morgan fingerprint density at radius 3 is 1.62 bits per heavy atom. The van der Waals surface area contributed by atoms with Gasteiger partial charge in [0, 0.05) is 11.1 Å². The molecule has 3 aromatic rings. The van der Waals surface area contributed by atoms with Crippen molar-refractivity contribution in [2.45, 2.75) is 19.8 Å². The summed E-state index contributed by atoms with van der Waals surface area (Å²) >= 11 is 0. The van der Waals surface area contributed by atoms with Crippen LogP contribution in [-0.4, -0.2) is 4.98 Å². The van der Waals surface area contributed by atoms with Gasteiger partial charge in [0.1, 0.15) is 0 Å². The fourth-order valence-electron chi connectivity index (χ4n) is 2.53. The summed E-state index contributed by atoms with van der Waals surface area (Å²) in [5, 5.41) is 0. The Labute approximate surface area is 126 Å². The maximum atomic E-state index is 4.86. The van der Waals surface area contributed by atoms with Gasteiger partial charge < -0.3 is 0 Å². The summed E-state index contributed by atoms with van der Waals surface area (Å²) in [6, 6.07) is 25.2. The lowest BCUT2D eigenvalue weighted by atomic mass is 10.0. The normalized spacial score (nSPS) is 10.5. The minimum atomic E-state index is 1.06. The van der Waals surface area contributed by atoms with E-state index in [-0.39, 0.29) is 0 Å². The summed E-state index contributed by atoms with van der Waals surface area (Å²) in [5.74, 6) is 0. The zero-order chi connectivity index (χ0) is 14.5. The first kappa shape index (κ1) is 13.6. The van der Waals surface area contributed by atoms with Crippen molar-refractivity contribution < 1.29 is 0 Å². The quantitative estimate of drug-likeness (QED) is 0.623. The highest BCUT2D eigenvalue weighted by Gasteiger charge is 2.06. The van der Waals surface area contributed by atoms with E-state index in [0.29, 0.717) is 0 Å². The van der Waals surface area contributed by atoms with Crippen molar-refractivity contribution in [1.29, 1.82) is 0 Å². The number of hydrogen-bond acceptors (Lipinski definition) is 1. The molecule has 0 unspecified atom stereocenters. The van der Waals surface area contributed by atoms with Crippen molar-refractivity contribution in [3.05, 3.63) is 78.4 Å². The average Bonchev–Trinajstić information content (AvgIpc) is 2.56. The molecule has 0 atom stereocenters. The molecule has 104 valence electrons. The summed E-state index contributed by atoms with van der Waals surface area (Å²) in [6.07, 6.45) is 2.23. The molecular formula is C20H19N. The highest BCUT2D eigenvalue weighted by molar-refractivity contribution is 5.67. The number of hydrogen-bond donors (Lipinski definition) is 0. The Morgan fingerprint density at radius 2 is 1.19 bits per heavy atom. The summed E-state index contributed by atoms with van der Waals surface area (Å²) in [6.45, 7) is 2.21. The smallest absolute Gasteiger partial charge is 0.0712 e. The van der Waals surface area contributed by atoms with Crippen LogP contribution >= 0.6 is 0 Å². The molecular weight excluding hydrogens is 254 g/mol. The maximum Gasteiger partial charge on any atom is 0.0712 e. The molecule has 0 N–H and O–H groups in total. The Morgan fingerprint density at radius 1 is 0.714 bits per heavy atom. The predicted octanol–water partition coefficient (Wildman–Crippen LogP) is 5.37. The fraction of sp³-hybridized carbons (Fsp3) is 0.150. The van der Waals surface area contributed by atoms with Crippen molar-refractivity contribution in [2.24, 2.45) is 0 Å². The number of aryl methyl sites for hydroxylation is 1. The highest BCUT2D eigenvalue weighted by Crippen LogP contribution is 2.25. The van der Waals surface area contributed by atoms with E-state index in [9.17, 15) is 0 Å². The van der Waals surface area contributed by atoms with Crippen LogP contribution in [0.25, 0.3) is 22.5 Å². The summed E-state index contributed by atoms with van der Waals surface area (Å²) in [4.78, 5) is 4.86. The van der Waals surface area contributed by atoms with Crippen molar-refractivity contribution >= 4 is 0 Å². The van der Waals surface area contributed by atoms with E-state index >= 15 is 0 Å². The van der Waals surface area contributed by atoms with Crippen LogP contribution in [0.1, 0.15) is 18.9 Å². The summed E-state index contributed by atoms with van der Waals surface area (Å²) in [5.41, 5.74) is 5.81. The van der Waals surface area contributed by atoms with Gasteiger partial charge in [-0.1, -0.05) is 74.0 Å². The van der Waals surface area contributed by atoms with Gasteiger partial charge in [0.15, 0.2) is 0 Å². The van der Waals surface area contributed by atoms with Crippen LogP contribution in [0.4, 0.5) is 0 Å². The predicted molar refractivity (Wildman–Crippen MR) is 89.1 cm³/mol. The van der Waals surface area contributed by atoms with Gasteiger partial charge in [0.05, 0.1) is 11.4 Å². The molecule has 1 heteroatoms. The number of rotatable bonds is 4. The number of pyridine rings is 1. The monoisotopic (exact) mass is 273 g/mol. The first-order chi connectivity index (χ1) is 10.4. The minimum absolute atomic E-state index is 1.06. The minimum Gasteiger partial charge on any atom is -0.248 e. The third-order valence-electron chi connectivity index (χ3n) is 3.56. The molecule has 0 aliphatic rings. The SMILES string of the molecule is CCCc1cc(-c2ccccc2)nc(-c2ccccc2)c1. The molecule has 0 saturated carbocycles. The summed E-state index contributed by atoms with van der Waals surface area (Å²) < 4.78 is 0. The topological polar surface area (TPSA) is 12.9 Å². The second-order valence-corrected chi connectivity index (χ2v) is 5.23. The van der Waals surface area contributed by atoms with Gasteiger partial charge in [-0.15, -0.1) is 0 Å². The van der Waals surface area contributed by atoms with Crippen molar-refractivity contribution in [3.8, 4) is 22.5 Å². The van der Waals surface area contributed by atoms with Gasteiger partial charge in [-0.25, -0.2) is 4.98 Å². The van der Waals surface area contributed by atoms with Crippen LogP contribution in [0.15, 0.2) is 72.8 Å². The average molecular weight is 273 g/mol. The second-order valence-electron chi connectivity index (χ2n) is 5.23. The number of nitrogens with zero attached hydrogens (tertiary/aromatic N) is 1. The lowest BCUT2D eigenvalue weighted by Gasteiger charge is -2.09. The van der Waals surface area contributed by atoms with Crippen LogP contribution in [0.5, 0.6) is 0 Å². The zero-order valence-corrected chi connectivity index (χ0v) is 12.3. The Hall–Kier alpha value is -2.41. The van der Waals surface area contributed by atoms with Crippen LogP contribution < -0.4 is 0 Å². The molecule has 0 bridgehead atoms. The van der Waals surface area contributed by atoms with Crippen LogP contribution in [0, 0.1) is 0 Å². The van der Waals surface area contributed by atoms with Crippen LogP contribution in [-0.2, 0) is 6.42 Å². The molecule has 0 amide bonds. The highest BCUT2D eigenvalue weighted by atomic mass is 14.7. The van der Waals surface area contributed by atoms with Crippen molar-refractivity contribution in [3.63, 3.8) is 0 Å². The number of benzene rings is 2. The molecule has 0 saturated heterocycles. The van der Waals surface area contributed by atoms with Crippen LogP contribution in [0.3, 0.4) is 0 Å². The van der Waals surface area contributed by atoms with E-state index in [0.717, 1.165) is 24.2 Å². The molecule has 1 heterocycles. The number of aromatic nitrogens is 1. The maximum absolute atomic E-state index is 4.86. The van der Waals surface area contributed by atoms with Gasteiger partial charge in [-0.2, -0.15) is 0 Å². The molecule has 1 nitrogen and oxygen atoms in total. The largest absolute Gasteiger partial charge is 0.248 e. The van der Waals surface area contributed by atoms with Gasteiger partial charge in [-0.05, 0) is 24.1 Å². The van der Waals surface area contributed by atoms with E-state index in [1.165, 1.54) is 16.7 Å². The van der Waals surface area contributed by atoms with E-state index in [1.807, 2.05) is 12.1 Å². The van der Waals surface area contributed by atoms with Crippen molar-refractivity contribution in [2.75, 3.05) is 0 Å². The second kappa shape index (κ2) is 6.36. The molecule has 1 aromatic heterocycles. The lowest BCUT2D eigenvalue weighted by molar-refractivity contribution is 0.919. The Bertz CT molecular complexity index is 645. The third kappa shape index (κ3) is 3.19. The molecule has 3 rings (SSSR count). The molecule has 0 radical (unpaired) electrons. The zero-order valence-electron chi connectivity index (χ0n) is 12.3. The third-order valence-corrected chi connectivity index (χ3v) is 3.56. The first-order valence-corrected chi connectivity index (χ1v) is 7.48. The lowest BCUT2D eigenvalue weighted by Crippen LogP contribution is -1.93. The molecule has 2 aromatic carbocycles. The Balaban J connectivity index is 2.11. The standard InChI is InChI=1S/C20H19N/c1-2-9-16-14-19(17-10-5-3-6-11-17)21-20(15-16)18-12-7-4-8-13-18/h3-8,10-15H,2,9H2,1H3. The van der Waals surface area contributed by atoms with Gasteiger partial charge in [0.25, 0.3) is 0 Å². The van der Waals surface area contributed by atoms with E-state index < -0.39 is 0 Å². The van der Waals surface area contributed by atoms with Crippen molar-refractivity contribution in [1.82, 2.24) is 4.98 Å².